The van der Waals surface area contributed by atoms with Gasteiger partial charge in [0, 0.05) is 24.5 Å². The second kappa shape index (κ2) is 10.0. The van der Waals surface area contributed by atoms with E-state index in [0.717, 1.165) is 34.9 Å². The maximum atomic E-state index is 11.7. The molecule has 2 fully saturated rings. The minimum atomic E-state index is -0.636. The Morgan fingerprint density at radius 2 is 1.97 bits per heavy atom. The molecule has 37 heavy (non-hydrogen) atoms. The summed E-state index contributed by atoms with van der Waals surface area (Å²) in [4.78, 5) is 28.5. The van der Waals surface area contributed by atoms with E-state index in [9.17, 15) is 4.79 Å². The van der Waals surface area contributed by atoms with Crippen LogP contribution in [0.25, 0.3) is 33.8 Å². The van der Waals surface area contributed by atoms with Crippen LogP contribution < -0.4 is 5.76 Å². The second-order valence-electron chi connectivity index (χ2n) is 10.7. The number of fused-ring (bicyclic) bond motifs is 1. The van der Waals surface area contributed by atoms with Crippen LogP contribution in [0.1, 0.15) is 58.2 Å². The summed E-state index contributed by atoms with van der Waals surface area (Å²) in [5, 5.41) is 4.37. The number of hydrogen-bond donors (Lipinski definition) is 1. The van der Waals surface area contributed by atoms with Crippen LogP contribution in [0, 0.1) is 17.8 Å². The zero-order valence-corrected chi connectivity index (χ0v) is 21.9. The van der Waals surface area contributed by atoms with Crippen LogP contribution in [0.3, 0.4) is 0 Å². The first-order chi connectivity index (χ1) is 17.9. The predicted molar refractivity (Wildman–Crippen MR) is 140 cm³/mol. The van der Waals surface area contributed by atoms with E-state index in [4.69, 9.17) is 30.8 Å². The molecule has 1 unspecified atom stereocenters. The first-order valence-corrected chi connectivity index (χ1v) is 13.5. The SMILES string of the molecule is CC1CCC(Cn2c(COC(C)C3CC3)nc3cc(-c4noc(=O)[nH]4)nc(-c4cncc(Cl)c4)c32)CC1. The highest BCUT2D eigenvalue weighted by molar-refractivity contribution is 6.30. The number of aromatic amines is 1. The molecule has 2 aliphatic carbocycles. The van der Waals surface area contributed by atoms with Gasteiger partial charge in [0.1, 0.15) is 18.1 Å². The Morgan fingerprint density at radius 3 is 2.68 bits per heavy atom. The van der Waals surface area contributed by atoms with Gasteiger partial charge in [-0.2, -0.15) is 0 Å². The molecule has 0 saturated heterocycles. The first kappa shape index (κ1) is 24.3. The molecule has 0 amide bonds. The molecule has 1 N–H and O–H groups in total. The average Bonchev–Trinajstić information content (AvgIpc) is 3.57. The van der Waals surface area contributed by atoms with Crippen LogP contribution >= 0.6 is 11.6 Å². The highest BCUT2D eigenvalue weighted by Gasteiger charge is 2.30. The smallest absolute Gasteiger partial charge is 0.370 e. The van der Waals surface area contributed by atoms with Crippen molar-refractivity contribution in [3.8, 4) is 22.8 Å². The molecule has 0 aliphatic heterocycles. The molecule has 4 aromatic heterocycles. The molecule has 0 spiro atoms. The Labute approximate surface area is 219 Å². The Hall–Kier alpha value is -3.04. The van der Waals surface area contributed by atoms with Gasteiger partial charge in [0.2, 0.25) is 5.82 Å². The molecule has 194 valence electrons. The fourth-order valence-corrected chi connectivity index (χ4v) is 5.57. The molecule has 1 atom stereocenters. The van der Waals surface area contributed by atoms with Gasteiger partial charge < -0.3 is 9.30 Å². The van der Waals surface area contributed by atoms with Gasteiger partial charge in [-0.15, -0.1) is 0 Å². The van der Waals surface area contributed by atoms with Crippen LogP contribution in [0.4, 0.5) is 0 Å². The van der Waals surface area contributed by atoms with Crippen LogP contribution in [-0.4, -0.2) is 35.8 Å². The maximum absolute atomic E-state index is 11.7. The summed E-state index contributed by atoms with van der Waals surface area (Å²) in [7, 11) is 0. The van der Waals surface area contributed by atoms with E-state index in [-0.39, 0.29) is 11.9 Å². The number of hydrogen-bond acceptors (Lipinski definition) is 7. The monoisotopic (exact) mass is 522 g/mol. The number of imidazole rings is 1. The molecule has 9 nitrogen and oxygen atoms in total. The molecule has 4 aromatic rings. The van der Waals surface area contributed by atoms with Crippen LogP contribution in [0.5, 0.6) is 0 Å². The lowest BCUT2D eigenvalue weighted by atomic mass is 9.83. The number of ether oxygens (including phenoxy) is 1. The standard InChI is InChI=1S/C27H31ClN6O3/c1-15-3-5-17(6-4-15)13-34-23(14-36-16(2)18-7-8-18)30-21-10-22(26-32-27(35)37-33-26)31-24(25(21)34)19-9-20(28)12-29-11-19/h9-12,15-18H,3-8,13-14H2,1-2H3,(H,32,33,35). The molecule has 4 heterocycles. The molecule has 10 heteroatoms. The second-order valence-corrected chi connectivity index (χ2v) is 11.1. The Kier molecular flexibility index (Phi) is 6.58. The van der Waals surface area contributed by atoms with Gasteiger partial charge in [0.15, 0.2) is 0 Å². The average molecular weight is 523 g/mol. The molecule has 2 saturated carbocycles. The summed E-state index contributed by atoms with van der Waals surface area (Å²) >= 11 is 6.33. The van der Waals surface area contributed by atoms with E-state index in [1.807, 2.05) is 12.1 Å². The van der Waals surface area contributed by atoms with E-state index < -0.39 is 5.76 Å². The lowest BCUT2D eigenvalue weighted by Gasteiger charge is -2.27. The van der Waals surface area contributed by atoms with Crippen molar-refractivity contribution < 1.29 is 9.26 Å². The third-order valence-electron chi connectivity index (χ3n) is 7.80. The van der Waals surface area contributed by atoms with Gasteiger partial charge in [0.05, 0.1) is 27.9 Å². The van der Waals surface area contributed by atoms with E-state index in [1.54, 1.807) is 12.4 Å². The maximum Gasteiger partial charge on any atom is 0.439 e. The van der Waals surface area contributed by atoms with Gasteiger partial charge in [-0.1, -0.05) is 36.5 Å². The van der Waals surface area contributed by atoms with Crippen molar-refractivity contribution in [2.45, 2.75) is 71.6 Å². The van der Waals surface area contributed by atoms with Gasteiger partial charge in [-0.25, -0.2) is 14.8 Å². The van der Waals surface area contributed by atoms with E-state index in [1.165, 1.54) is 38.5 Å². The molecule has 0 aromatic carbocycles. The minimum Gasteiger partial charge on any atom is -0.370 e. The summed E-state index contributed by atoms with van der Waals surface area (Å²) < 4.78 is 13.3. The van der Waals surface area contributed by atoms with Gasteiger partial charge in [-0.3, -0.25) is 14.5 Å². The van der Waals surface area contributed by atoms with Gasteiger partial charge in [-0.05, 0) is 62.5 Å². The molecule has 0 radical (unpaired) electrons. The van der Waals surface area contributed by atoms with Crippen molar-refractivity contribution in [1.82, 2.24) is 29.7 Å². The quantitative estimate of drug-likeness (QED) is 0.319. The lowest BCUT2D eigenvalue weighted by molar-refractivity contribution is 0.0330. The van der Waals surface area contributed by atoms with Crippen molar-refractivity contribution in [3.63, 3.8) is 0 Å². The summed E-state index contributed by atoms with van der Waals surface area (Å²) in [5.41, 5.74) is 3.58. The minimum absolute atomic E-state index is 0.203. The zero-order valence-electron chi connectivity index (χ0n) is 21.1. The van der Waals surface area contributed by atoms with E-state index >= 15 is 0 Å². The zero-order chi connectivity index (χ0) is 25.5. The summed E-state index contributed by atoms with van der Waals surface area (Å²) in [6.07, 6.45) is 10.9. The van der Waals surface area contributed by atoms with Crippen LogP contribution in [0.15, 0.2) is 33.8 Å². The van der Waals surface area contributed by atoms with Crippen molar-refractivity contribution in [2.75, 3.05) is 0 Å². The molecule has 2 aliphatic rings. The highest BCUT2D eigenvalue weighted by Crippen LogP contribution is 2.37. The first-order valence-electron chi connectivity index (χ1n) is 13.1. The number of nitrogens with one attached hydrogen (secondary N) is 1. The molecular formula is C27H31ClN6O3. The van der Waals surface area contributed by atoms with E-state index in [0.29, 0.717) is 34.9 Å². The van der Waals surface area contributed by atoms with Crippen LogP contribution in [-0.2, 0) is 17.9 Å². The Morgan fingerprint density at radius 1 is 1.16 bits per heavy atom. The van der Waals surface area contributed by atoms with Crippen molar-refractivity contribution in [1.29, 1.82) is 0 Å². The fraction of sp³-hybridized carbons (Fsp3) is 0.519. The van der Waals surface area contributed by atoms with Gasteiger partial charge in [0.25, 0.3) is 0 Å². The third kappa shape index (κ3) is 5.20. The molecular weight excluding hydrogens is 492 g/mol. The lowest BCUT2D eigenvalue weighted by Crippen LogP contribution is -2.20. The topological polar surface area (TPSA) is 112 Å². The number of pyridine rings is 2. The molecule has 0 bridgehead atoms. The Balaban J connectivity index is 1.49. The number of halogens is 1. The van der Waals surface area contributed by atoms with Crippen LogP contribution in [0.2, 0.25) is 5.02 Å². The van der Waals surface area contributed by atoms with Gasteiger partial charge >= 0.3 is 5.76 Å². The van der Waals surface area contributed by atoms with Crippen molar-refractivity contribution in [3.05, 3.63) is 45.9 Å². The summed E-state index contributed by atoms with van der Waals surface area (Å²) in [6.45, 7) is 5.77. The Bertz CT molecular complexity index is 1460. The largest absolute Gasteiger partial charge is 0.439 e. The highest BCUT2D eigenvalue weighted by atomic mass is 35.5. The van der Waals surface area contributed by atoms with Crippen molar-refractivity contribution >= 4 is 22.6 Å². The van der Waals surface area contributed by atoms with E-state index in [2.05, 4.69) is 33.5 Å². The number of nitrogens with zero attached hydrogens (tertiary/aromatic N) is 5. The summed E-state index contributed by atoms with van der Waals surface area (Å²) in [6, 6.07) is 3.69. The fourth-order valence-electron chi connectivity index (χ4n) is 5.39. The predicted octanol–water partition coefficient (Wildman–Crippen LogP) is 5.63. The third-order valence-corrected chi connectivity index (χ3v) is 8.01. The summed E-state index contributed by atoms with van der Waals surface area (Å²) in [5.74, 6) is 2.47. The normalized spacial score (nSPS) is 20.9. The molecule has 6 rings (SSSR count). The number of aromatic nitrogens is 6. The number of rotatable bonds is 8. The van der Waals surface area contributed by atoms with Crippen molar-refractivity contribution in [2.24, 2.45) is 17.8 Å². The number of H-pyrrole nitrogens is 1.